The smallest absolute Gasteiger partial charge is 0.254 e. The van der Waals surface area contributed by atoms with Gasteiger partial charge >= 0.3 is 0 Å². The highest BCUT2D eigenvalue weighted by molar-refractivity contribution is 7.03. The summed E-state index contributed by atoms with van der Waals surface area (Å²) in [6, 6.07) is 8.12. The van der Waals surface area contributed by atoms with Gasteiger partial charge < -0.3 is 15.0 Å². The topological polar surface area (TPSA) is 54.5 Å². The van der Waals surface area contributed by atoms with E-state index in [1.807, 2.05) is 24.4 Å². The minimum absolute atomic E-state index is 0.0175. The van der Waals surface area contributed by atoms with Crippen LogP contribution in [-0.4, -0.2) is 37.0 Å². The van der Waals surface area contributed by atoms with Crippen molar-refractivity contribution < 1.29 is 9.53 Å². The average molecular weight is 331 g/mol. The van der Waals surface area contributed by atoms with Gasteiger partial charge in [0.05, 0.1) is 18.4 Å². The van der Waals surface area contributed by atoms with Gasteiger partial charge in [-0.3, -0.25) is 4.79 Å². The second-order valence-corrected chi connectivity index (χ2v) is 6.45. The lowest BCUT2D eigenvalue weighted by Crippen LogP contribution is -2.31. The van der Waals surface area contributed by atoms with E-state index in [4.69, 9.17) is 4.74 Å². The van der Waals surface area contributed by atoms with Gasteiger partial charge in [-0.15, -0.1) is 0 Å². The predicted molar refractivity (Wildman–Crippen MR) is 92.5 cm³/mol. The third-order valence-corrected chi connectivity index (χ3v) is 4.97. The maximum absolute atomic E-state index is 12.1. The molecule has 1 fully saturated rings. The molecule has 0 bridgehead atoms. The molecule has 3 rings (SSSR count). The van der Waals surface area contributed by atoms with Gasteiger partial charge in [-0.25, -0.2) is 0 Å². The standard InChI is InChI=1S/C17H21N3O2S/c1-12-16(11-23-19-12)17(21)18-9-13-6-7-20(10-13)14-4-3-5-15(8-14)22-2/h3-5,8,11,13H,6-7,9-10H2,1-2H3,(H,18,21)/t13-/m0/s1. The summed E-state index contributed by atoms with van der Waals surface area (Å²) in [5.74, 6) is 1.33. The Bertz CT molecular complexity index is 686. The number of anilines is 1. The largest absolute Gasteiger partial charge is 0.497 e. The molecule has 0 saturated carbocycles. The molecule has 1 aromatic carbocycles. The number of amides is 1. The van der Waals surface area contributed by atoms with Crippen molar-refractivity contribution in [3.63, 3.8) is 0 Å². The fourth-order valence-electron chi connectivity index (χ4n) is 2.88. The van der Waals surface area contributed by atoms with Crippen molar-refractivity contribution in [2.24, 2.45) is 5.92 Å². The molecule has 0 aliphatic carbocycles. The van der Waals surface area contributed by atoms with Gasteiger partial charge in [-0.05, 0) is 42.9 Å². The van der Waals surface area contributed by atoms with Crippen LogP contribution in [0.2, 0.25) is 0 Å². The minimum atomic E-state index is -0.0175. The van der Waals surface area contributed by atoms with E-state index in [1.54, 1.807) is 7.11 Å². The van der Waals surface area contributed by atoms with Gasteiger partial charge in [-0.1, -0.05) is 6.07 Å². The summed E-state index contributed by atoms with van der Waals surface area (Å²) in [4.78, 5) is 14.5. The van der Waals surface area contributed by atoms with Gasteiger partial charge in [0.15, 0.2) is 0 Å². The van der Waals surface area contributed by atoms with Crippen LogP contribution in [0.25, 0.3) is 0 Å². The van der Waals surface area contributed by atoms with E-state index < -0.39 is 0 Å². The number of aryl methyl sites for hydroxylation is 1. The van der Waals surface area contributed by atoms with E-state index in [0.29, 0.717) is 18.0 Å². The number of methoxy groups -OCH3 is 1. The molecule has 1 aliphatic heterocycles. The second kappa shape index (κ2) is 7.00. The Labute approximate surface area is 140 Å². The van der Waals surface area contributed by atoms with Crippen LogP contribution < -0.4 is 15.0 Å². The molecular weight excluding hydrogens is 310 g/mol. The van der Waals surface area contributed by atoms with Crippen molar-refractivity contribution in [1.29, 1.82) is 0 Å². The first-order chi connectivity index (χ1) is 11.2. The first kappa shape index (κ1) is 15.8. The molecule has 1 amide bonds. The number of hydrogen-bond donors (Lipinski definition) is 1. The minimum Gasteiger partial charge on any atom is -0.497 e. The van der Waals surface area contributed by atoms with Gasteiger partial charge in [0.1, 0.15) is 5.75 Å². The number of carbonyl (C=O) groups is 1. The number of hydrogen-bond acceptors (Lipinski definition) is 5. The highest BCUT2D eigenvalue weighted by Crippen LogP contribution is 2.26. The Hall–Kier alpha value is -2.08. The zero-order valence-corrected chi connectivity index (χ0v) is 14.2. The van der Waals surface area contributed by atoms with Crippen LogP contribution in [0.3, 0.4) is 0 Å². The van der Waals surface area contributed by atoms with Crippen LogP contribution in [0.15, 0.2) is 29.6 Å². The number of carbonyl (C=O) groups excluding carboxylic acids is 1. The number of ether oxygens (including phenoxy) is 1. The molecule has 1 N–H and O–H groups in total. The fraction of sp³-hybridized carbons (Fsp3) is 0.412. The lowest BCUT2D eigenvalue weighted by Gasteiger charge is -2.19. The monoisotopic (exact) mass is 331 g/mol. The number of rotatable bonds is 5. The summed E-state index contributed by atoms with van der Waals surface area (Å²) >= 11 is 1.32. The first-order valence-corrected chi connectivity index (χ1v) is 8.59. The summed E-state index contributed by atoms with van der Waals surface area (Å²) in [5, 5.41) is 4.85. The molecule has 1 atom stereocenters. The molecule has 0 unspecified atom stereocenters. The Morgan fingerprint density at radius 3 is 3.13 bits per heavy atom. The maximum Gasteiger partial charge on any atom is 0.254 e. The van der Waals surface area contributed by atoms with Crippen molar-refractivity contribution >= 4 is 23.1 Å². The quantitative estimate of drug-likeness (QED) is 0.915. The second-order valence-electron chi connectivity index (χ2n) is 5.83. The number of nitrogens with one attached hydrogen (secondary N) is 1. The number of aromatic nitrogens is 1. The number of nitrogens with zero attached hydrogens (tertiary/aromatic N) is 2. The van der Waals surface area contributed by atoms with Gasteiger partial charge in [-0.2, -0.15) is 4.37 Å². The van der Waals surface area contributed by atoms with E-state index in [2.05, 4.69) is 26.7 Å². The Morgan fingerprint density at radius 1 is 1.52 bits per heavy atom. The van der Waals surface area contributed by atoms with Crippen LogP contribution in [0.4, 0.5) is 5.69 Å². The van der Waals surface area contributed by atoms with Crippen LogP contribution in [0.1, 0.15) is 22.5 Å². The van der Waals surface area contributed by atoms with Crippen molar-refractivity contribution in [2.75, 3.05) is 31.6 Å². The van der Waals surface area contributed by atoms with Crippen molar-refractivity contribution in [3.05, 3.63) is 40.9 Å². The van der Waals surface area contributed by atoms with Crippen LogP contribution in [-0.2, 0) is 0 Å². The molecule has 23 heavy (non-hydrogen) atoms. The van der Waals surface area contributed by atoms with Gasteiger partial charge in [0.25, 0.3) is 5.91 Å². The van der Waals surface area contributed by atoms with E-state index in [0.717, 1.165) is 31.0 Å². The maximum atomic E-state index is 12.1. The lowest BCUT2D eigenvalue weighted by molar-refractivity contribution is 0.0948. The molecule has 1 aliphatic rings. The predicted octanol–water partition coefficient (Wildman–Crippen LogP) is 2.72. The van der Waals surface area contributed by atoms with E-state index >= 15 is 0 Å². The van der Waals surface area contributed by atoms with E-state index in [1.165, 1.54) is 17.2 Å². The third-order valence-electron chi connectivity index (χ3n) is 4.25. The SMILES string of the molecule is COc1cccc(N2CC[C@@H](CNC(=O)c3csnc3C)C2)c1. The number of benzene rings is 1. The lowest BCUT2D eigenvalue weighted by atomic mass is 10.1. The summed E-state index contributed by atoms with van der Waals surface area (Å²) in [6.45, 7) is 4.53. The van der Waals surface area contributed by atoms with Crippen molar-refractivity contribution in [1.82, 2.24) is 9.69 Å². The fourth-order valence-corrected chi connectivity index (χ4v) is 3.58. The van der Waals surface area contributed by atoms with Crippen molar-refractivity contribution in [3.8, 4) is 5.75 Å². The van der Waals surface area contributed by atoms with E-state index in [-0.39, 0.29) is 5.91 Å². The molecule has 2 aromatic rings. The van der Waals surface area contributed by atoms with Crippen molar-refractivity contribution in [2.45, 2.75) is 13.3 Å². The Kier molecular flexibility index (Phi) is 4.81. The summed E-state index contributed by atoms with van der Waals surface area (Å²) in [7, 11) is 1.68. The summed E-state index contributed by atoms with van der Waals surface area (Å²) in [6.07, 6.45) is 1.08. The molecule has 5 nitrogen and oxygen atoms in total. The summed E-state index contributed by atoms with van der Waals surface area (Å²) in [5.41, 5.74) is 2.67. The summed E-state index contributed by atoms with van der Waals surface area (Å²) < 4.78 is 9.43. The first-order valence-electron chi connectivity index (χ1n) is 7.75. The van der Waals surface area contributed by atoms with Crippen LogP contribution >= 0.6 is 11.5 Å². The molecule has 122 valence electrons. The molecular formula is C17H21N3O2S. The molecule has 0 radical (unpaired) electrons. The average Bonchev–Trinajstić information content (AvgIpc) is 3.21. The molecule has 0 spiro atoms. The molecule has 1 saturated heterocycles. The Morgan fingerprint density at radius 2 is 2.39 bits per heavy atom. The zero-order chi connectivity index (χ0) is 16.2. The van der Waals surface area contributed by atoms with E-state index in [9.17, 15) is 4.79 Å². The highest BCUT2D eigenvalue weighted by Gasteiger charge is 2.24. The molecule has 2 heterocycles. The van der Waals surface area contributed by atoms with Crippen LogP contribution in [0.5, 0.6) is 5.75 Å². The third kappa shape index (κ3) is 3.64. The normalized spacial score (nSPS) is 17.3. The molecule has 1 aromatic heterocycles. The highest BCUT2D eigenvalue weighted by atomic mass is 32.1. The zero-order valence-electron chi connectivity index (χ0n) is 13.4. The van der Waals surface area contributed by atoms with Gasteiger partial charge in [0, 0.05) is 36.8 Å². The van der Waals surface area contributed by atoms with Crippen LogP contribution in [0, 0.1) is 12.8 Å². The van der Waals surface area contributed by atoms with Gasteiger partial charge in [0.2, 0.25) is 0 Å². The Balaban J connectivity index is 1.54. The molecule has 6 heteroatoms.